The highest BCUT2D eigenvalue weighted by Gasteiger charge is 2.26. The fourth-order valence-corrected chi connectivity index (χ4v) is 4.38. The lowest BCUT2D eigenvalue weighted by atomic mass is 10.1. The summed E-state index contributed by atoms with van der Waals surface area (Å²) in [6, 6.07) is 19.5. The van der Waals surface area contributed by atoms with Crippen LogP contribution in [0.2, 0.25) is 0 Å². The summed E-state index contributed by atoms with van der Waals surface area (Å²) in [4.78, 5) is 44.3. The number of fused-ring (bicyclic) bond motifs is 1. The molecule has 10 nitrogen and oxygen atoms in total. The van der Waals surface area contributed by atoms with Gasteiger partial charge in [0.2, 0.25) is 5.91 Å². The number of hydrogen-bond donors (Lipinski definition) is 0. The van der Waals surface area contributed by atoms with Gasteiger partial charge in [0.25, 0.3) is 11.2 Å². The van der Waals surface area contributed by atoms with Crippen LogP contribution in [0.3, 0.4) is 0 Å². The maximum absolute atomic E-state index is 13.9. The highest BCUT2D eigenvalue weighted by molar-refractivity contribution is 5.92. The molecule has 1 amide bonds. The third-order valence-corrected chi connectivity index (χ3v) is 6.39. The molecule has 0 saturated carbocycles. The van der Waals surface area contributed by atoms with Crippen LogP contribution in [0.5, 0.6) is 5.75 Å². The molecule has 0 aliphatic heterocycles. The molecule has 1 heterocycles. The van der Waals surface area contributed by atoms with Gasteiger partial charge in [0, 0.05) is 31.9 Å². The van der Waals surface area contributed by atoms with Crippen molar-refractivity contribution in [1.29, 1.82) is 0 Å². The Bertz CT molecular complexity index is 1600. The Hall–Kier alpha value is -4.83. The van der Waals surface area contributed by atoms with Gasteiger partial charge in [0.05, 0.1) is 40.8 Å². The molecule has 0 bridgehead atoms. The number of carbonyl (C=O) groups excluding carboxylic acids is 1. The average molecular weight is 543 g/mol. The van der Waals surface area contributed by atoms with Crippen molar-refractivity contribution in [3.05, 3.63) is 111 Å². The number of rotatable bonds is 11. The van der Waals surface area contributed by atoms with Crippen molar-refractivity contribution in [3.63, 3.8) is 0 Å². The lowest BCUT2D eigenvalue weighted by molar-refractivity contribution is -0.384. The van der Waals surface area contributed by atoms with Crippen molar-refractivity contribution in [2.24, 2.45) is 0 Å². The second kappa shape index (κ2) is 12.8. The van der Waals surface area contributed by atoms with Crippen LogP contribution in [0.25, 0.3) is 22.7 Å². The number of para-hydroxylation sites is 3. The topological polar surface area (TPSA) is 117 Å². The molecule has 1 aromatic heterocycles. The van der Waals surface area contributed by atoms with Crippen molar-refractivity contribution in [1.82, 2.24) is 14.5 Å². The van der Waals surface area contributed by atoms with Gasteiger partial charge in [-0.3, -0.25) is 24.3 Å². The molecule has 1 unspecified atom stereocenters. The highest BCUT2D eigenvalue weighted by Crippen LogP contribution is 2.28. The molecule has 206 valence electrons. The number of hydrogen-bond acceptors (Lipinski definition) is 7. The third-order valence-electron chi connectivity index (χ3n) is 6.39. The number of nitro benzene ring substituents is 1. The molecule has 1 atom stereocenters. The lowest BCUT2D eigenvalue weighted by Gasteiger charge is -2.30. The summed E-state index contributed by atoms with van der Waals surface area (Å²) in [5.74, 6) is 0.546. The zero-order valence-corrected chi connectivity index (χ0v) is 22.5. The zero-order chi connectivity index (χ0) is 28.6. The lowest BCUT2D eigenvalue weighted by Crippen LogP contribution is -2.38. The zero-order valence-electron chi connectivity index (χ0n) is 22.5. The van der Waals surface area contributed by atoms with E-state index in [1.807, 2.05) is 32.0 Å². The van der Waals surface area contributed by atoms with Gasteiger partial charge in [-0.25, -0.2) is 4.98 Å². The number of methoxy groups -OCH3 is 1. The van der Waals surface area contributed by atoms with Crippen LogP contribution < -0.4 is 10.3 Å². The predicted molar refractivity (Wildman–Crippen MR) is 153 cm³/mol. The molecule has 0 fully saturated rings. The Kier molecular flexibility index (Phi) is 9.03. The van der Waals surface area contributed by atoms with Gasteiger partial charge in [-0.15, -0.1) is 0 Å². The molecule has 4 rings (SSSR count). The monoisotopic (exact) mass is 542 g/mol. The van der Waals surface area contributed by atoms with Gasteiger partial charge in [0.1, 0.15) is 11.6 Å². The van der Waals surface area contributed by atoms with E-state index in [0.29, 0.717) is 40.3 Å². The van der Waals surface area contributed by atoms with Crippen LogP contribution in [0.1, 0.15) is 31.3 Å². The minimum atomic E-state index is -0.642. The smallest absolute Gasteiger partial charge is 0.269 e. The molecule has 0 aliphatic carbocycles. The first kappa shape index (κ1) is 28.2. The Morgan fingerprint density at radius 3 is 2.50 bits per heavy atom. The first-order valence-corrected chi connectivity index (χ1v) is 12.8. The largest absolute Gasteiger partial charge is 0.492 e. The summed E-state index contributed by atoms with van der Waals surface area (Å²) in [6.07, 6.45) is 2.98. The van der Waals surface area contributed by atoms with Crippen LogP contribution in [-0.2, 0) is 9.53 Å². The van der Waals surface area contributed by atoms with Crippen molar-refractivity contribution in [2.75, 3.05) is 26.9 Å². The Balaban J connectivity index is 1.80. The third kappa shape index (κ3) is 6.08. The summed E-state index contributed by atoms with van der Waals surface area (Å²) < 4.78 is 12.6. The van der Waals surface area contributed by atoms with Gasteiger partial charge in [0.15, 0.2) is 0 Å². The first-order valence-electron chi connectivity index (χ1n) is 12.8. The number of nitro groups is 1. The van der Waals surface area contributed by atoms with Crippen LogP contribution in [0.15, 0.2) is 83.7 Å². The molecule has 0 spiro atoms. The summed E-state index contributed by atoms with van der Waals surface area (Å²) >= 11 is 0. The van der Waals surface area contributed by atoms with Gasteiger partial charge < -0.3 is 14.4 Å². The number of carbonyl (C=O) groups is 1. The number of nitrogens with zero attached hydrogens (tertiary/aromatic N) is 4. The van der Waals surface area contributed by atoms with Gasteiger partial charge >= 0.3 is 0 Å². The van der Waals surface area contributed by atoms with Gasteiger partial charge in [-0.05, 0) is 61.9 Å². The van der Waals surface area contributed by atoms with Crippen molar-refractivity contribution in [3.8, 4) is 11.4 Å². The van der Waals surface area contributed by atoms with Crippen LogP contribution >= 0.6 is 0 Å². The quantitative estimate of drug-likeness (QED) is 0.150. The van der Waals surface area contributed by atoms with Gasteiger partial charge in [-0.2, -0.15) is 0 Å². The van der Waals surface area contributed by atoms with E-state index in [0.717, 1.165) is 0 Å². The minimum Gasteiger partial charge on any atom is -0.492 e. The molecular formula is C30H30N4O6. The number of benzene rings is 3. The van der Waals surface area contributed by atoms with E-state index in [2.05, 4.69) is 0 Å². The van der Waals surface area contributed by atoms with E-state index >= 15 is 0 Å². The molecule has 0 saturated heterocycles. The molecule has 0 N–H and O–H groups in total. The number of aromatic nitrogens is 2. The summed E-state index contributed by atoms with van der Waals surface area (Å²) in [6.45, 7) is 4.57. The van der Waals surface area contributed by atoms with E-state index in [1.165, 1.54) is 22.8 Å². The summed E-state index contributed by atoms with van der Waals surface area (Å²) in [5.41, 5.74) is 1.35. The van der Waals surface area contributed by atoms with E-state index in [-0.39, 0.29) is 30.3 Å². The van der Waals surface area contributed by atoms with Crippen molar-refractivity contribution in [2.45, 2.75) is 19.9 Å². The Labute approximate surface area is 231 Å². The standard InChI is InChI=1S/C30H30N4O6/c1-4-40-27-12-8-7-11-26(27)33-29(31-25-10-6-5-9-24(25)30(33)36)21(2)32(19-20-39-3)28(35)18-15-22-13-16-23(17-14-22)34(37)38/h5-18,21H,4,19-20H2,1-3H3/b18-15+. The second-order valence-corrected chi connectivity index (χ2v) is 8.91. The second-order valence-electron chi connectivity index (χ2n) is 8.91. The average Bonchev–Trinajstić information content (AvgIpc) is 2.97. The van der Waals surface area contributed by atoms with Crippen LogP contribution in [-0.4, -0.2) is 52.1 Å². The molecular weight excluding hydrogens is 512 g/mol. The molecule has 10 heteroatoms. The Morgan fingerprint density at radius 2 is 1.80 bits per heavy atom. The van der Waals surface area contributed by atoms with Crippen molar-refractivity contribution < 1.29 is 19.2 Å². The molecule has 40 heavy (non-hydrogen) atoms. The summed E-state index contributed by atoms with van der Waals surface area (Å²) in [7, 11) is 1.54. The molecule has 0 radical (unpaired) electrons. The van der Waals surface area contributed by atoms with Gasteiger partial charge in [-0.1, -0.05) is 24.3 Å². The number of non-ortho nitro benzene ring substituents is 1. The first-order chi connectivity index (χ1) is 19.3. The molecule has 0 aliphatic rings. The minimum absolute atomic E-state index is 0.0356. The molecule has 4 aromatic rings. The van der Waals surface area contributed by atoms with E-state index in [1.54, 1.807) is 60.6 Å². The van der Waals surface area contributed by atoms with E-state index in [4.69, 9.17) is 14.5 Å². The molecule has 3 aromatic carbocycles. The maximum atomic E-state index is 13.9. The van der Waals surface area contributed by atoms with E-state index < -0.39 is 11.0 Å². The fourth-order valence-electron chi connectivity index (χ4n) is 4.38. The van der Waals surface area contributed by atoms with Crippen LogP contribution in [0.4, 0.5) is 5.69 Å². The maximum Gasteiger partial charge on any atom is 0.269 e. The number of amides is 1. The normalized spacial score (nSPS) is 12.0. The number of ether oxygens (including phenoxy) is 2. The Morgan fingerprint density at radius 1 is 1.10 bits per heavy atom. The SMILES string of the molecule is CCOc1ccccc1-n1c(C(C)N(CCOC)C(=O)/C=C/c2ccc([N+](=O)[O-])cc2)nc2ccccc2c1=O. The van der Waals surface area contributed by atoms with Crippen LogP contribution in [0, 0.1) is 10.1 Å². The van der Waals surface area contributed by atoms with E-state index in [9.17, 15) is 19.7 Å². The fraction of sp³-hybridized carbons (Fsp3) is 0.233. The summed E-state index contributed by atoms with van der Waals surface area (Å²) in [5, 5.41) is 11.4. The predicted octanol–water partition coefficient (Wildman–Crippen LogP) is 4.94. The van der Waals surface area contributed by atoms with Crippen molar-refractivity contribution >= 4 is 28.6 Å². The highest BCUT2D eigenvalue weighted by atomic mass is 16.6.